The van der Waals surface area contributed by atoms with Gasteiger partial charge in [0.25, 0.3) is 0 Å². The number of hydrogen-bond acceptors (Lipinski definition) is 3. The molecular weight excluding hydrogens is 463 g/mol. The number of amides is 1. The van der Waals surface area contributed by atoms with Crippen LogP contribution in [0, 0.1) is 29.1 Å². The fourth-order valence-electron chi connectivity index (χ4n) is 7.29. The van der Waals surface area contributed by atoms with E-state index in [4.69, 9.17) is 0 Å². The van der Waals surface area contributed by atoms with Crippen LogP contribution in [0.2, 0.25) is 0 Å². The first kappa shape index (κ1) is 27.4. The van der Waals surface area contributed by atoms with Gasteiger partial charge in [0.15, 0.2) is 0 Å². The number of halogens is 3. The average Bonchev–Trinajstić information content (AvgIpc) is 3.39. The standard InChI is InChI=1S/C19H23F3N2O.C10H21N/c1-12-7-14-3-2-5-18(14,9-12)17(25)24-6-4-16-13(11-24)8-15(10-23-16)19(20,21)22;1-3-4-5-10-8-11-7-6-9(10)2/h8,10,12,14H,2-7,9,11H2,1H3;9-11H,3-8H2,1-2H3/t;9-,10?/m.0/s1. The van der Waals surface area contributed by atoms with Crippen LogP contribution >= 0.6 is 0 Å². The molecule has 1 amide bonds. The minimum Gasteiger partial charge on any atom is -0.337 e. The third kappa shape index (κ3) is 5.92. The highest BCUT2D eigenvalue weighted by atomic mass is 19.4. The van der Waals surface area contributed by atoms with Crippen molar-refractivity contribution in [2.24, 2.45) is 29.1 Å². The van der Waals surface area contributed by atoms with Crippen LogP contribution < -0.4 is 5.32 Å². The van der Waals surface area contributed by atoms with Crippen LogP contribution in [-0.4, -0.2) is 35.4 Å². The van der Waals surface area contributed by atoms with Gasteiger partial charge >= 0.3 is 6.18 Å². The minimum atomic E-state index is -4.40. The van der Waals surface area contributed by atoms with Crippen molar-refractivity contribution in [1.29, 1.82) is 0 Å². The Hall–Kier alpha value is -1.63. The van der Waals surface area contributed by atoms with E-state index in [1.165, 1.54) is 44.8 Å². The van der Waals surface area contributed by atoms with E-state index in [9.17, 15) is 18.0 Å². The maximum absolute atomic E-state index is 13.3. The van der Waals surface area contributed by atoms with Crippen LogP contribution in [0.1, 0.15) is 95.4 Å². The largest absolute Gasteiger partial charge is 0.417 e. The normalized spacial score (nSPS) is 31.9. The lowest BCUT2D eigenvalue weighted by atomic mass is 9.78. The Morgan fingerprint density at radius 2 is 2.08 bits per heavy atom. The van der Waals surface area contributed by atoms with Gasteiger partial charge in [-0.05, 0) is 86.9 Å². The highest BCUT2D eigenvalue weighted by Crippen LogP contribution is 2.57. The Morgan fingerprint density at radius 3 is 2.81 bits per heavy atom. The highest BCUT2D eigenvalue weighted by Gasteiger charge is 2.55. The van der Waals surface area contributed by atoms with Gasteiger partial charge < -0.3 is 10.2 Å². The molecule has 1 saturated heterocycles. The zero-order valence-electron chi connectivity index (χ0n) is 22.3. The quantitative estimate of drug-likeness (QED) is 0.498. The van der Waals surface area contributed by atoms with Crippen molar-refractivity contribution in [3.8, 4) is 0 Å². The third-order valence-corrected chi connectivity index (χ3v) is 9.35. The van der Waals surface area contributed by atoms with Gasteiger partial charge in [0.05, 0.1) is 11.0 Å². The Morgan fingerprint density at radius 1 is 1.28 bits per heavy atom. The predicted octanol–water partition coefficient (Wildman–Crippen LogP) is 6.62. The van der Waals surface area contributed by atoms with Crippen molar-refractivity contribution >= 4 is 5.91 Å². The lowest BCUT2D eigenvalue weighted by molar-refractivity contribution is -0.144. The third-order valence-electron chi connectivity index (χ3n) is 9.35. The molecular formula is C29H44F3N3O. The van der Waals surface area contributed by atoms with Gasteiger partial charge in [-0.25, -0.2) is 0 Å². The van der Waals surface area contributed by atoms with E-state index >= 15 is 0 Å². The summed E-state index contributed by atoms with van der Waals surface area (Å²) in [7, 11) is 0. The fraction of sp³-hybridized carbons (Fsp3) is 0.793. The molecule has 36 heavy (non-hydrogen) atoms. The first-order valence-corrected chi connectivity index (χ1v) is 14.2. The second kappa shape index (κ2) is 11.4. The molecule has 5 rings (SSSR count). The van der Waals surface area contributed by atoms with Crippen LogP contribution in [0.5, 0.6) is 0 Å². The number of aromatic nitrogens is 1. The molecule has 4 aliphatic rings. The number of rotatable bonds is 4. The smallest absolute Gasteiger partial charge is 0.337 e. The first-order valence-electron chi connectivity index (χ1n) is 14.2. The Labute approximate surface area is 214 Å². The maximum atomic E-state index is 13.3. The molecule has 2 saturated carbocycles. The number of carbonyl (C=O) groups excluding carboxylic acids is 1. The summed E-state index contributed by atoms with van der Waals surface area (Å²) in [5.74, 6) is 3.11. The summed E-state index contributed by atoms with van der Waals surface area (Å²) in [5, 5.41) is 3.47. The molecule has 1 N–H and O–H groups in total. The van der Waals surface area contributed by atoms with Crippen molar-refractivity contribution in [1.82, 2.24) is 15.2 Å². The summed E-state index contributed by atoms with van der Waals surface area (Å²) in [6.45, 7) is 10.2. The molecule has 2 aliphatic carbocycles. The molecule has 2 aliphatic heterocycles. The van der Waals surface area contributed by atoms with E-state index in [-0.39, 0.29) is 17.9 Å². The van der Waals surface area contributed by atoms with Crippen molar-refractivity contribution in [3.63, 3.8) is 0 Å². The van der Waals surface area contributed by atoms with Gasteiger partial charge in [-0.3, -0.25) is 9.78 Å². The highest BCUT2D eigenvalue weighted by molar-refractivity contribution is 5.84. The summed E-state index contributed by atoms with van der Waals surface area (Å²) < 4.78 is 38.9. The number of fused-ring (bicyclic) bond motifs is 2. The summed E-state index contributed by atoms with van der Waals surface area (Å²) in [5.41, 5.74) is 0.252. The number of nitrogens with one attached hydrogen (secondary N) is 1. The van der Waals surface area contributed by atoms with Gasteiger partial charge in [0.1, 0.15) is 0 Å². The molecule has 0 radical (unpaired) electrons. The fourth-order valence-corrected chi connectivity index (χ4v) is 7.29. The Bertz CT molecular complexity index is 904. The molecule has 202 valence electrons. The lowest BCUT2D eigenvalue weighted by Gasteiger charge is -2.37. The summed E-state index contributed by atoms with van der Waals surface area (Å²) in [6, 6.07) is 1.17. The maximum Gasteiger partial charge on any atom is 0.417 e. The van der Waals surface area contributed by atoms with E-state index in [1.807, 2.05) is 0 Å². The lowest BCUT2D eigenvalue weighted by Crippen LogP contribution is -2.46. The number of pyridine rings is 1. The molecule has 0 bridgehead atoms. The predicted molar refractivity (Wildman–Crippen MR) is 136 cm³/mol. The molecule has 3 fully saturated rings. The monoisotopic (exact) mass is 507 g/mol. The zero-order chi connectivity index (χ0) is 25.9. The number of unbranched alkanes of at least 4 members (excludes halogenated alkanes) is 1. The summed E-state index contributed by atoms with van der Waals surface area (Å²) >= 11 is 0. The number of nitrogens with zero attached hydrogens (tertiary/aromatic N) is 2. The second-order valence-corrected chi connectivity index (χ2v) is 12.0. The van der Waals surface area contributed by atoms with Crippen molar-refractivity contribution < 1.29 is 18.0 Å². The molecule has 5 atom stereocenters. The minimum absolute atomic E-state index is 0.169. The van der Waals surface area contributed by atoms with E-state index in [1.54, 1.807) is 4.90 Å². The summed E-state index contributed by atoms with van der Waals surface area (Å²) in [6.07, 6.45) is 7.80. The van der Waals surface area contributed by atoms with Gasteiger partial charge in [-0.15, -0.1) is 0 Å². The second-order valence-electron chi connectivity index (χ2n) is 12.0. The van der Waals surface area contributed by atoms with E-state index in [0.717, 1.165) is 50.1 Å². The van der Waals surface area contributed by atoms with Crippen LogP contribution in [0.4, 0.5) is 13.2 Å². The summed E-state index contributed by atoms with van der Waals surface area (Å²) in [4.78, 5) is 19.1. The molecule has 1 aromatic rings. The average molecular weight is 508 g/mol. The zero-order valence-corrected chi connectivity index (χ0v) is 22.3. The Balaban J connectivity index is 0.000000233. The van der Waals surface area contributed by atoms with Crippen molar-refractivity contribution in [2.45, 2.75) is 97.7 Å². The number of hydrogen-bond donors (Lipinski definition) is 1. The molecule has 3 heterocycles. The number of carbonyl (C=O) groups is 1. The van der Waals surface area contributed by atoms with E-state index in [0.29, 0.717) is 36.1 Å². The van der Waals surface area contributed by atoms with E-state index < -0.39 is 11.7 Å². The van der Waals surface area contributed by atoms with E-state index in [2.05, 4.69) is 31.1 Å². The van der Waals surface area contributed by atoms with Gasteiger partial charge in [-0.1, -0.05) is 40.0 Å². The van der Waals surface area contributed by atoms with Crippen LogP contribution in [0.25, 0.3) is 0 Å². The van der Waals surface area contributed by atoms with Crippen LogP contribution in [-0.2, 0) is 23.9 Å². The number of alkyl halides is 3. The van der Waals surface area contributed by atoms with Crippen molar-refractivity contribution in [2.75, 3.05) is 19.6 Å². The molecule has 1 aromatic heterocycles. The first-order chi connectivity index (χ1) is 17.1. The van der Waals surface area contributed by atoms with Crippen molar-refractivity contribution in [3.05, 3.63) is 29.1 Å². The SMILES string of the molecule is CC1CC2CCCC2(C(=O)N2CCc3ncc(C(F)(F)F)cc3C2)C1.CCCCC1CNCC[C@@H]1C. The topological polar surface area (TPSA) is 45.2 Å². The van der Waals surface area contributed by atoms with Gasteiger partial charge in [0, 0.05) is 31.4 Å². The van der Waals surface area contributed by atoms with Crippen LogP contribution in [0.3, 0.4) is 0 Å². The molecule has 4 nitrogen and oxygen atoms in total. The molecule has 0 aromatic carbocycles. The van der Waals surface area contributed by atoms with Gasteiger partial charge in [-0.2, -0.15) is 13.2 Å². The molecule has 0 spiro atoms. The van der Waals surface area contributed by atoms with Gasteiger partial charge in [0.2, 0.25) is 5.91 Å². The van der Waals surface area contributed by atoms with Crippen LogP contribution in [0.15, 0.2) is 12.3 Å². The number of piperidine rings is 1. The molecule has 4 unspecified atom stereocenters. The Kier molecular flexibility index (Phi) is 8.68. The molecule has 7 heteroatoms.